The zero-order chi connectivity index (χ0) is 11.3. The Morgan fingerprint density at radius 3 is 2.80 bits per heavy atom. The van der Waals surface area contributed by atoms with Crippen molar-refractivity contribution < 1.29 is 9.84 Å². The zero-order valence-corrected chi connectivity index (χ0v) is 10.5. The highest BCUT2D eigenvalue weighted by molar-refractivity contribution is 4.92. The van der Waals surface area contributed by atoms with Crippen molar-refractivity contribution in [2.75, 3.05) is 7.11 Å². The molecule has 90 valence electrons. The van der Waals surface area contributed by atoms with E-state index in [4.69, 9.17) is 4.74 Å². The quantitative estimate of drug-likeness (QED) is 0.762. The minimum absolute atomic E-state index is 0.0607. The van der Waals surface area contributed by atoms with Crippen LogP contribution in [0.25, 0.3) is 0 Å². The Morgan fingerprint density at radius 2 is 2.20 bits per heavy atom. The molecule has 3 atom stereocenters. The van der Waals surface area contributed by atoms with E-state index in [-0.39, 0.29) is 6.10 Å². The van der Waals surface area contributed by atoms with Crippen molar-refractivity contribution in [2.45, 2.75) is 70.5 Å². The van der Waals surface area contributed by atoms with Crippen molar-refractivity contribution in [1.29, 1.82) is 0 Å². The topological polar surface area (TPSA) is 29.5 Å². The molecule has 1 saturated carbocycles. The molecule has 1 aliphatic carbocycles. The predicted octanol–water partition coefficient (Wildman–Crippen LogP) is 3.13. The largest absolute Gasteiger partial charge is 0.387 e. The normalized spacial score (nSPS) is 34.0. The van der Waals surface area contributed by atoms with Crippen LogP contribution in [0.4, 0.5) is 0 Å². The summed E-state index contributed by atoms with van der Waals surface area (Å²) in [6.07, 6.45) is 7.65. The van der Waals surface area contributed by atoms with Crippen LogP contribution in [0.1, 0.15) is 58.8 Å². The van der Waals surface area contributed by atoms with E-state index in [1.165, 1.54) is 19.3 Å². The molecule has 0 aliphatic heterocycles. The average Bonchev–Trinajstić information content (AvgIpc) is 2.18. The maximum absolute atomic E-state index is 10.6. The van der Waals surface area contributed by atoms with E-state index in [0.717, 1.165) is 25.7 Å². The monoisotopic (exact) mass is 214 g/mol. The van der Waals surface area contributed by atoms with E-state index in [1.54, 1.807) is 7.11 Å². The van der Waals surface area contributed by atoms with Crippen molar-refractivity contribution >= 4 is 0 Å². The molecule has 0 bridgehead atoms. The summed E-state index contributed by atoms with van der Waals surface area (Å²) >= 11 is 0. The molecule has 0 heterocycles. The molecule has 1 N–H and O–H groups in total. The van der Waals surface area contributed by atoms with Gasteiger partial charge in [0.2, 0.25) is 0 Å². The van der Waals surface area contributed by atoms with Gasteiger partial charge in [-0.15, -0.1) is 0 Å². The SMILES string of the molecule is CCCC(C)CC1(O)CCCCC1OC. The Bertz CT molecular complexity index is 181. The van der Waals surface area contributed by atoms with E-state index < -0.39 is 5.60 Å². The van der Waals surface area contributed by atoms with Crippen LogP contribution in [0.15, 0.2) is 0 Å². The molecule has 0 spiro atoms. The molecule has 0 saturated heterocycles. The van der Waals surface area contributed by atoms with Crippen LogP contribution in [0.3, 0.4) is 0 Å². The first-order valence-electron chi connectivity index (χ1n) is 6.37. The number of methoxy groups -OCH3 is 1. The second kappa shape index (κ2) is 5.86. The first-order chi connectivity index (χ1) is 7.12. The van der Waals surface area contributed by atoms with Gasteiger partial charge in [0.15, 0.2) is 0 Å². The fraction of sp³-hybridized carbons (Fsp3) is 1.00. The number of hydrogen-bond acceptors (Lipinski definition) is 2. The summed E-state index contributed by atoms with van der Waals surface area (Å²) in [5, 5.41) is 10.6. The molecule has 3 unspecified atom stereocenters. The van der Waals surface area contributed by atoms with Crippen LogP contribution in [-0.2, 0) is 4.74 Å². The lowest BCUT2D eigenvalue weighted by molar-refractivity contribution is -0.127. The third kappa shape index (κ3) is 3.46. The van der Waals surface area contributed by atoms with Crippen LogP contribution in [-0.4, -0.2) is 23.9 Å². The summed E-state index contributed by atoms with van der Waals surface area (Å²) in [6.45, 7) is 4.44. The smallest absolute Gasteiger partial charge is 0.0910 e. The van der Waals surface area contributed by atoms with Crippen molar-refractivity contribution in [2.24, 2.45) is 5.92 Å². The minimum atomic E-state index is -0.554. The number of ether oxygens (including phenoxy) is 1. The molecule has 2 heteroatoms. The van der Waals surface area contributed by atoms with E-state index >= 15 is 0 Å². The van der Waals surface area contributed by atoms with Gasteiger partial charge in [-0.25, -0.2) is 0 Å². The Kier molecular flexibility index (Phi) is 5.07. The first kappa shape index (κ1) is 13.0. The third-order valence-electron chi connectivity index (χ3n) is 3.69. The number of rotatable bonds is 5. The highest BCUT2D eigenvalue weighted by atomic mass is 16.5. The molecule has 2 nitrogen and oxygen atoms in total. The predicted molar refractivity (Wildman–Crippen MR) is 62.9 cm³/mol. The van der Waals surface area contributed by atoms with Gasteiger partial charge in [-0.2, -0.15) is 0 Å². The molecular formula is C13H26O2. The van der Waals surface area contributed by atoms with E-state index in [0.29, 0.717) is 5.92 Å². The van der Waals surface area contributed by atoms with Crippen LogP contribution in [0.5, 0.6) is 0 Å². The maximum Gasteiger partial charge on any atom is 0.0910 e. The second-order valence-corrected chi connectivity index (χ2v) is 5.17. The van der Waals surface area contributed by atoms with Crippen molar-refractivity contribution in [3.63, 3.8) is 0 Å². The molecule has 1 rings (SSSR count). The summed E-state index contributed by atoms with van der Waals surface area (Å²) in [5.74, 6) is 0.607. The van der Waals surface area contributed by atoms with Crippen LogP contribution < -0.4 is 0 Å². The lowest BCUT2D eigenvalue weighted by atomic mass is 9.76. The summed E-state index contributed by atoms with van der Waals surface area (Å²) in [6, 6.07) is 0. The van der Waals surface area contributed by atoms with E-state index in [1.807, 2.05) is 0 Å². The zero-order valence-electron chi connectivity index (χ0n) is 10.5. The van der Waals surface area contributed by atoms with Gasteiger partial charge < -0.3 is 9.84 Å². The van der Waals surface area contributed by atoms with E-state index in [9.17, 15) is 5.11 Å². The van der Waals surface area contributed by atoms with Crippen molar-refractivity contribution in [3.05, 3.63) is 0 Å². The summed E-state index contributed by atoms with van der Waals surface area (Å²) < 4.78 is 5.44. The standard InChI is InChI=1S/C13H26O2/c1-4-7-11(2)10-13(14)9-6-5-8-12(13)15-3/h11-12,14H,4-10H2,1-3H3. The number of hydrogen-bond donors (Lipinski definition) is 1. The molecule has 0 aromatic heterocycles. The Labute approximate surface area is 94.0 Å². The molecular weight excluding hydrogens is 188 g/mol. The molecule has 0 aromatic carbocycles. The van der Waals surface area contributed by atoms with Crippen LogP contribution in [0.2, 0.25) is 0 Å². The van der Waals surface area contributed by atoms with Crippen LogP contribution in [0, 0.1) is 5.92 Å². The van der Waals surface area contributed by atoms with Gasteiger partial charge in [-0.05, 0) is 25.2 Å². The average molecular weight is 214 g/mol. The fourth-order valence-corrected chi connectivity index (χ4v) is 2.96. The van der Waals surface area contributed by atoms with Gasteiger partial charge in [0, 0.05) is 7.11 Å². The molecule has 0 radical (unpaired) electrons. The van der Waals surface area contributed by atoms with E-state index in [2.05, 4.69) is 13.8 Å². The highest BCUT2D eigenvalue weighted by Gasteiger charge is 2.39. The first-order valence-corrected chi connectivity index (χ1v) is 6.37. The lowest BCUT2D eigenvalue weighted by Crippen LogP contribution is -2.47. The summed E-state index contributed by atoms with van der Waals surface area (Å²) in [4.78, 5) is 0. The maximum atomic E-state index is 10.6. The third-order valence-corrected chi connectivity index (χ3v) is 3.69. The molecule has 1 aliphatic rings. The lowest BCUT2D eigenvalue weighted by Gasteiger charge is -2.40. The second-order valence-electron chi connectivity index (χ2n) is 5.17. The molecule has 0 aromatic rings. The highest BCUT2D eigenvalue weighted by Crippen LogP contribution is 2.36. The summed E-state index contributed by atoms with van der Waals surface area (Å²) in [5.41, 5.74) is -0.554. The number of aliphatic hydroxyl groups is 1. The van der Waals surface area contributed by atoms with Gasteiger partial charge in [0.05, 0.1) is 11.7 Å². The molecule has 15 heavy (non-hydrogen) atoms. The summed E-state index contributed by atoms with van der Waals surface area (Å²) in [7, 11) is 1.73. The minimum Gasteiger partial charge on any atom is -0.387 e. The van der Waals surface area contributed by atoms with Gasteiger partial charge in [-0.3, -0.25) is 0 Å². The van der Waals surface area contributed by atoms with Gasteiger partial charge in [0.1, 0.15) is 0 Å². The Hall–Kier alpha value is -0.0800. The molecule has 0 amide bonds. The van der Waals surface area contributed by atoms with Crippen molar-refractivity contribution in [3.8, 4) is 0 Å². The molecule has 1 fully saturated rings. The van der Waals surface area contributed by atoms with Crippen molar-refractivity contribution in [1.82, 2.24) is 0 Å². The fourth-order valence-electron chi connectivity index (χ4n) is 2.96. The van der Waals surface area contributed by atoms with Gasteiger partial charge >= 0.3 is 0 Å². The Morgan fingerprint density at radius 1 is 1.47 bits per heavy atom. The van der Waals surface area contributed by atoms with Gasteiger partial charge in [0.25, 0.3) is 0 Å². The van der Waals surface area contributed by atoms with Crippen LogP contribution >= 0.6 is 0 Å². The van der Waals surface area contributed by atoms with Gasteiger partial charge in [-0.1, -0.05) is 39.5 Å². The Balaban J connectivity index is 2.53.